The van der Waals surface area contributed by atoms with Gasteiger partial charge in [0.05, 0.1) is 10.7 Å². The maximum absolute atomic E-state index is 11.9. The van der Waals surface area contributed by atoms with Gasteiger partial charge >= 0.3 is 5.97 Å². The molecule has 1 rings (SSSR count). The van der Waals surface area contributed by atoms with Gasteiger partial charge < -0.3 is 19.9 Å². The molecule has 0 fully saturated rings. The fourth-order valence-corrected chi connectivity index (χ4v) is 2.53. The number of nitriles is 1. The zero-order chi connectivity index (χ0) is 18.3. The van der Waals surface area contributed by atoms with Gasteiger partial charge in [-0.3, -0.25) is 4.79 Å². The Bertz CT molecular complexity index is 707. The number of nitrogens with one attached hydrogen (secondary N) is 1. The molecular weight excluding hydrogens is 427 g/mol. The summed E-state index contributed by atoms with van der Waals surface area (Å²) in [5.74, 6) is -0.958. The van der Waals surface area contributed by atoms with E-state index >= 15 is 0 Å². The molecular formula is C16H17IN2O5. The van der Waals surface area contributed by atoms with Crippen LogP contribution < -0.4 is 14.8 Å². The molecule has 24 heavy (non-hydrogen) atoms. The highest BCUT2D eigenvalue weighted by molar-refractivity contribution is 14.1. The minimum Gasteiger partial charge on any atom is -0.493 e. The Labute approximate surface area is 153 Å². The van der Waals surface area contributed by atoms with Gasteiger partial charge in [0.15, 0.2) is 18.1 Å². The minimum absolute atomic E-state index is 0.0410. The lowest BCUT2D eigenvalue weighted by molar-refractivity contribution is -0.139. The van der Waals surface area contributed by atoms with Crippen LogP contribution in [-0.2, 0) is 9.59 Å². The van der Waals surface area contributed by atoms with Crippen LogP contribution in [-0.4, -0.2) is 36.7 Å². The maximum Gasteiger partial charge on any atom is 0.341 e. The third kappa shape index (κ3) is 5.73. The van der Waals surface area contributed by atoms with Crippen molar-refractivity contribution in [3.05, 3.63) is 26.8 Å². The van der Waals surface area contributed by atoms with Gasteiger partial charge in [-0.05, 0) is 60.2 Å². The third-order valence-corrected chi connectivity index (χ3v) is 3.49. The molecule has 0 aliphatic carbocycles. The normalized spacial score (nSPS) is 10.9. The second-order valence-corrected chi connectivity index (χ2v) is 6.18. The fraction of sp³-hybridized carbons (Fsp3) is 0.312. The molecule has 0 spiro atoms. The van der Waals surface area contributed by atoms with Gasteiger partial charge in [0.2, 0.25) is 0 Å². The van der Waals surface area contributed by atoms with E-state index in [-0.39, 0.29) is 11.6 Å². The van der Waals surface area contributed by atoms with Crippen LogP contribution in [0.5, 0.6) is 11.5 Å². The van der Waals surface area contributed by atoms with Crippen LogP contribution in [0.4, 0.5) is 0 Å². The maximum atomic E-state index is 11.9. The average molecular weight is 444 g/mol. The highest BCUT2D eigenvalue weighted by Gasteiger charge is 2.15. The Morgan fingerprint density at radius 3 is 2.62 bits per heavy atom. The van der Waals surface area contributed by atoms with Crippen molar-refractivity contribution in [3.63, 3.8) is 0 Å². The summed E-state index contributed by atoms with van der Waals surface area (Å²) in [7, 11) is 1.42. The highest BCUT2D eigenvalue weighted by atomic mass is 127. The number of rotatable bonds is 7. The first kappa shape index (κ1) is 19.8. The number of methoxy groups -OCH3 is 1. The van der Waals surface area contributed by atoms with Gasteiger partial charge in [0.1, 0.15) is 11.6 Å². The molecule has 0 aliphatic heterocycles. The molecule has 0 saturated heterocycles. The number of carboxylic acid groups (broad SMARTS) is 1. The standard InChI is InChI=1S/C16H17IN2O5/c1-9(2)19-16(22)11(7-18)4-10-5-12(17)15(13(6-10)23-3)24-8-14(20)21/h4-6,9H,8H2,1-3H3,(H,19,22)(H,20,21). The molecule has 0 atom stereocenters. The van der Waals surface area contributed by atoms with Gasteiger partial charge in [-0.25, -0.2) is 4.79 Å². The highest BCUT2D eigenvalue weighted by Crippen LogP contribution is 2.34. The van der Waals surface area contributed by atoms with Crippen LogP contribution in [0.15, 0.2) is 17.7 Å². The van der Waals surface area contributed by atoms with Crippen LogP contribution in [0.1, 0.15) is 19.4 Å². The lowest BCUT2D eigenvalue weighted by atomic mass is 10.1. The topological polar surface area (TPSA) is 109 Å². The van der Waals surface area contributed by atoms with E-state index in [4.69, 9.17) is 19.8 Å². The van der Waals surface area contributed by atoms with Gasteiger partial charge in [-0.2, -0.15) is 5.26 Å². The molecule has 1 aromatic rings. The molecule has 0 aliphatic rings. The summed E-state index contributed by atoms with van der Waals surface area (Å²) < 4.78 is 11.0. The largest absolute Gasteiger partial charge is 0.493 e. The second kappa shape index (κ2) is 9.12. The summed E-state index contributed by atoms with van der Waals surface area (Å²) in [5.41, 5.74) is 0.523. The van der Waals surface area contributed by atoms with Crippen molar-refractivity contribution in [1.82, 2.24) is 5.32 Å². The Balaban J connectivity index is 3.19. The number of hydrogen-bond acceptors (Lipinski definition) is 5. The second-order valence-electron chi connectivity index (χ2n) is 5.01. The van der Waals surface area contributed by atoms with Crippen LogP contribution in [0.3, 0.4) is 0 Å². The van der Waals surface area contributed by atoms with Crippen molar-refractivity contribution in [3.8, 4) is 17.6 Å². The summed E-state index contributed by atoms with van der Waals surface area (Å²) in [6.45, 7) is 3.10. The Kier molecular flexibility index (Phi) is 7.51. The van der Waals surface area contributed by atoms with Gasteiger partial charge in [0, 0.05) is 6.04 Å². The first-order valence-corrected chi connectivity index (χ1v) is 8.01. The molecule has 8 heteroatoms. The number of nitrogens with zero attached hydrogens (tertiary/aromatic N) is 1. The summed E-state index contributed by atoms with van der Waals surface area (Å²) in [5, 5.41) is 20.5. The number of ether oxygens (including phenoxy) is 2. The molecule has 1 aromatic carbocycles. The van der Waals surface area contributed by atoms with E-state index in [0.29, 0.717) is 20.6 Å². The fourth-order valence-electron chi connectivity index (χ4n) is 1.75. The molecule has 128 valence electrons. The van der Waals surface area contributed by atoms with Crippen molar-refractivity contribution in [2.45, 2.75) is 19.9 Å². The van der Waals surface area contributed by atoms with E-state index in [1.807, 2.05) is 28.7 Å². The molecule has 7 nitrogen and oxygen atoms in total. The summed E-state index contributed by atoms with van der Waals surface area (Å²) in [6.07, 6.45) is 1.43. The molecule has 0 saturated carbocycles. The molecule has 0 unspecified atom stereocenters. The third-order valence-electron chi connectivity index (χ3n) is 2.69. The quantitative estimate of drug-likeness (QED) is 0.379. The van der Waals surface area contributed by atoms with Crippen molar-refractivity contribution in [1.29, 1.82) is 5.26 Å². The van der Waals surface area contributed by atoms with E-state index in [1.54, 1.807) is 26.0 Å². The first-order chi connectivity index (χ1) is 11.3. The van der Waals surface area contributed by atoms with Crippen molar-refractivity contribution >= 4 is 40.5 Å². The summed E-state index contributed by atoms with van der Waals surface area (Å²) in [6, 6.07) is 5.01. The Morgan fingerprint density at radius 1 is 1.46 bits per heavy atom. The Morgan fingerprint density at radius 2 is 2.12 bits per heavy atom. The zero-order valence-corrected chi connectivity index (χ0v) is 15.6. The van der Waals surface area contributed by atoms with Crippen LogP contribution in [0.25, 0.3) is 6.08 Å². The molecule has 0 bridgehead atoms. The van der Waals surface area contributed by atoms with E-state index < -0.39 is 18.5 Å². The number of halogens is 1. The van der Waals surface area contributed by atoms with Crippen molar-refractivity contribution < 1.29 is 24.2 Å². The predicted molar refractivity (Wildman–Crippen MR) is 95.7 cm³/mol. The molecule has 0 radical (unpaired) electrons. The predicted octanol–water partition coefficient (Wildman–Crippen LogP) is 2.19. The Hall–Kier alpha value is -2.28. The van der Waals surface area contributed by atoms with E-state index in [2.05, 4.69) is 5.32 Å². The van der Waals surface area contributed by atoms with E-state index in [9.17, 15) is 9.59 Å². The first-order valence-electron chi connectivity index (χ1n) is 6.93. The van der Waals surface area contributed by atoms with Gasteiger partial charge in [0.25, 0.3) is 5.91 Å². The number of aliphatic carboxylic acids is 1. The van der Waals surface area contributed by atoms with E-state index in [0.717, 1.165) is 0 Å². The van der Waals surface area contributed by atoms with Gasteiger partial charge in [-0.1, -0.05) is 0 Å². The average Bonchev–Trinajstić information content (AvgIpc) is 2.49. The van der Waals surface area contributed by atoms with Gasteiger partial charge in [-0.15, -0.1) is 0 Å². The monoisotopic (exact) mass is 444 g/mol. The number of carbonyl (C=O) groups excluding carboxylic acids is 1. The van der Waals surface area contributed by atoms with Crippen LogP contribution >= 0.6 is 22.6 Å². The van der Waals surface area contributed by atoms with E-state index in [1.165, 1.54) is 13.2 Å². The smallest absolute Gasteiger partial charge is 0.341 e. The lowest BCUT2D eigenvalue weighted by Gasteiger charge is -2.12. The number of carboxylic acids is 1. The number of amides is 1. The molecule has 0 heterocycles. The summed E-state index contributed by atoms with van der Waals surface area (Å²) in [4.78, 5) is 22.6. The number of benzene rings is 1. The molecule has 2 N–H and O–H groups in total. The molecule has 1 amide bonds. The zero-order valence-electron chi connectivity index (χ0n) is 13.4. The summed E-state index contributed by atoms with van der Waals surface area (Å²) >= 11 is 1.97. The van der Waals surface area contributed by atoms with Crippen LogP contribution in [0, 0.1) is 14.9 Å². The van der Waals surface area contributed by atoms with Crippen LogP contribution in [0.2, 0.25) is 0 Å². The molecule has 0 aromatic heterocycles. The minimum atomic E-state index is -1.10. The van der Waals surface area contributed by atoms with Crippen molar-refractivity contribution in [2.75, 3.05) is 13.7 Å². The lowest BCUT2D eigenvalue weighted by Crippen LogP contribution is -2.30. The number of carbonyl (C=O) groups is 2. The SMILES string of the molecule is COc1cc(C=C(C#N)C(=O)NC(C)C)cc(I)c1OCC(=O)O. The number of hydrogen-bond donors (Lipinski definition) is 2. The van der Waals surface area contributed by atoms with Crippen molar-refractivity contribution in [2.24, 2.45) is 0 Å².